The highest BCUT2D eigenvalue weighted by molar-refractivity contribution is 7.87. The number of nitrogens with zero attached hydrogens (tertiary/aromatic N) is 1. The van der Waals surface area contributed by atoms with E-state index >= 15 is 0 Å². The number of nitrogens with one attached hydrogen (secondary N) is 1. The summed E-state index contributed by atoms with van der Waals surface area (Å²) in [5.41, 5.74) is 0. The molecule has 2 fully saturated rings. The maximum Gasteiger partial charge on any atom is 0.310 e. The zero-order valence-electron chi connectivity index (χ0n) is 10.6. The molecule has 1 saturated heterocycles. The SMILES string of the molecule is CCOC(=O)[C@@H]1CCCN(S(=O)(=O)NC2CC2)C1. The molecule has 6 nitrogen and oxygen atoms in total. The summed E-state index contributed by atoms with van der Waals surface area (Å²) in [4.78, 5) is 11.6. The van der Waals surface area contributed by atoms with E-state index in [1.807, 2.05) is 0 Å². The van der Waals surface area contributed by atoms with Gasteiger partial charge in [0.05, 0.1) is 12.5 Å². The van der Waals surface area contributed by atoms with Gasteiger partial charge in [0.25, 0.3) is 10.2 Å². The molecule has 0 bridgehead atoms. The van der Waals surface area contributed by atoms with E-state index in [2.05, 4.69) is 4.72 Å². The molecule has 2 aliphatic rings. The molecule has 1 aliphatic heterocycles. The van der Waals surface area contributed by atoms with Gasteiger partial charge in [0, 0.05) is 19.1 Å². The molecular weight excluding hydrogens is 256 g/mol. The molecule has 18 heavy (non-hydrogen) atoms. The van der Waals surface area contributed by atoms with Gasteiger partial charge in [0.2, 0.25) is 0 Å². The predicted octanol–water partition coefficient (Wildman–Crippen LogP) is 0.258. The van der Waals surface area contributed by atoms with Crippen LogP contribution in [0.15, 0.2) is 0 Å². The Kier molecular flexibility index (Phi) is 4.24. The quantitative estimate of drug-likeness (QED) is 0.731. The van der Waals surface area contributed by atoms with Gasteiger partial charge >= 0.3 is 5.97 Å². The van der Waals surface area contributed by atoms with Crippen molar-refractivity contribution in [3.05, 3.63) is 0 Å². The first-order valence-corrected chi connectivity index (χ1v) is 7.91. The molecule has 0 aromatic carbocycles. The number of ether oxygens (including phenoxy) is 1. The first kappa shape index (κ1) is 13.8. The van der Waals surface area contributed by atoms with Gasteiger partial charge in [0.15, 0.2) is 0 Å². The molecule has 2 rings (SSSR count). The van der Waals surface area contributed by atoms with E-state index < -0.39 is 10.2 Å². The van der Waals surface area contributed by atoms with Crippen LogP contribution in [0.25, 0.3) is 0 Å². The van der Waals surface area contributed by atoms with Crippen molar-refractivity contribution in [3.63, 3.8) is 0 Å². The summed E-state index contributed by atoms with van der Waals surface area (Å²) in [5, 5.41) is 0. The zero-order chi connectivity index (χ0) is 13.2. The molecule has 104 valence electrons. The van der Waals surface area contributed by atoms with Crippen LogP contribution < -0.4 is 4.72 Å². The maximum atomic E-state index is 12.0. The van der Waals surface area contributed by atoms with Gasteiger partial charge in [0.1, 0.15) is 0 Å². The third-order valence-corrected chi connectivity index (χ3v) is 4.88. The Labute approximate surface area is 108 Å². The lowest BCUT2D eigenvalue weighted by atomic mass is 10.0. The molecule has 0 aromatic rings. The van der Waals surface area contributed by atoms with Gasteiger partial charge in [-0.15, -0.1) is 0 Å². The minimum Gasteiger partial charge on any atom is -0.466 e. The van der Waals surface area contributed by atoms with Crippen LogP contribution in [0.1, 0.15) is 32.6 Å². The molecule has 1 heterocycles. The fourth-order valence-corrected chi connectivity index (χ4v) is 3.65. The highest BCUT2D eigenvalue weighted by Gasteiger charge is 2.36. The fraction of sp³-hybridized carbons (Fsp3) is 0.909. The second-order valence-corrected chi connectivity index (χ2v) is 6.55. The van der Waals surface area contributed by atoms with E-state index in [1.54, 1.807) is 6.92 Å². The highest BCUT2D eigenvalue weighted by atomic mass is 32.2. The maximum absolute atomic E-state index is 12.0. The lowest BCUT2D eigenvalue weighted by molar-refractivity contribution is -0.149. The molecular formula is C11H20N2O4S. The van der Waals surface area contributed by atoms with E-state index in [0.717, 1.165) is 12.8 Å². The Balaban J connectivity index is 1.94. The summed E-state index contributed by atoms with van der Waals surface area (Å²) >= 11 is 0. The minimum absolute atomic E-state index is 0.0953. The van der Waals surface area contributed by atoms with Crippen molar-refractivity contribution in [1.82, 2.24) is 9.03 Å². The summed E-state index contributed by atoms with van der Waals surface area (Å²) < 4.78 is 33.0. The Morgan fingerprint density at radius 2 is 2.11 bits per heavy atom. The van der Waals surface area contributed by atoms with Crippen LogP contribution in [-0.4, -0.2) is 44.4 Å². The number of esters is 1. The normalized spacial score (nSPS) is 25.9. The Bertz CT molecular complexity index is 405. The number of carbonyl (C=O) groups excluding carboxylic acids is 1. The first-order valence-electron chi connectivity index (χ1n) is 6.47. The minimum atomic E-state index is -3.43. The van der Waals surface area contributed by atoms with Crippen LogP contribution in [0.5, 0.6) is 0 Å². The number of hydrogen-bond donors (Lipinski definition) is 1. The average molecular weight is 276 g/mol. The van der Waals surface area contributed by atoms with Crippen molar-refractivity contribution in [2.75, 3.05) is 19.7 Å². The monoisotopic (exact) mass is 276 g/mol. The molecule has 1 N–H and O–H groups in total. The first-order chi connectivity index (χ1) is 8.53. The van der Waals surface area contributed by atoms with E-state index in [-0.39, 0.29) is 24.5 Å². The molecule has 0 radical (unpaired) electrons. The fourth-order valence-electron chi connectivity index (χ4n) is 2.10. The Morgan fingerprint density at radius 1 is 1.39 bits per heavy atom. The van der Waals surface area contributed by atoms with Crippen LogP contribution in [0.2, 0.25) is 0 Å². The molecule has 1 aliphatic carbocycles. The number of rotatable bonds is 5. The molecule has 1 saturated carbocycles. The second kappa shape index (κ2) is 5.54. The third kappa shape index (κ3) is 3.43. The van der Waals surface area contributed by atoms with Crippen molar-refractivity contribution in [2.24, 2.45) is 5.92 Å². The van der Waals surface area contributed by atoms with Gasteiger partial charge in [-0.05, 0) is 32.6 Å². The number of hydrogen-bond acceptors (Lipinski definition) is 4. The lowest BCUT2D eigenvalue weighted by Crippen LogP contribution is -2.48. The number of carbonyl (C=O) groups is 1. The smallest absolute Gasteiger partial charge is 0.310 e. The summed E-state index contributed by atoms with van der Waals surface area (Å²) in [6.45, 7) is 2.81. The van der Waals surface area contributed by atoms with Gasteiger partial charge in [-0.3, -0.25) is 4.79 Å². The topological polar surface area (TPSA) is 75.7 Å². The third-order valence-electron chi connectivity index (χ3n) is 3.24. The second-order valence-electron chi connectivity index (χ2n) is 4.85. The van der Waals surface area contributed by atoms with Crippen LogP contribution in [0.3, 0.4) is 0 Å². The molecule has 0 spiro atoms. The summed E-state index contributed by atoms with van der Waals surface area (Å²) in [5.74, 6) is -0.613. The zero-order valence-corrected chi connectivity index (χ0v) is 11.4. The van der Waals surface area contributed by atoms with E-state index in [0.29, 0.717) is 26.0 Å². The van der Waals surface area contributed by atoms with Gasteiger partial charge in [-0.2, -0.15) is 17.4 Å². The van der Waals surface area contributed by atoms with Crippen molar-refractivity contribution in [3.8, 4) is 0 Å². The number of piperidine rings is 1. The van der Waals surface area contributed by atoms with Crippen LogP contribution in [0.4, 0.5) is 0 Å². The van der Waals surface area contributed by atoms with E-state index in [4.69, 9.17) is 4.74 Å². The lowest BCUT2D eigenvalue weighted by Gasteiger charge is -2.30. The van der Waals surface area contributed by atoms with Crippen molar-refractivity contribution < 1.29 is 17.9 Å². The molecule has 0 amide bonds. The average Bonchev–Trinajstić information content (AvgIpc) is 3.13. The summed E-state index contributed by atoms with van der Waals surface area (Å²) in [6, 6.07) is 0.0953. The predicted molar refractivity (Wildman–Crippen MR) is 66.0 cm³/mol. The van der Waals surface area contributed by atoms with Crippen molar-refractivity contribution >= 4 is 16.2 Å². The van der Waals surface area contributed by atoms with Crippen LogP contribution in [-0.2, 0) is 19.7 Å². The largest absolute Gasteiger partial charge is 0.466 e. The van der Waals surface area contributed by atoms with Gasteiger partial charge < -0.3 is 4.74 Å². The van der Waals surface area contributed by atoms with Crippen LogP contribution >= 0.6 is 0 Å². The van der Waals surface area contributed by atoms with Crippen molar-refractivity contribution in [2.45, 2.75) is 38.6 Å². The highest BCUT2D eigenvalue weighted by Crippen LogP contribution is 2.24. The van der Waals surface area contributed by atoms with Crippen LogP contribution in [0, 0.1) is 5.92 Å². The van der Waals surface area contributed by atoms with Crippen molar-refractivity contribution in [1.29, 1.82) is 0 Å². The Morgan fingerprint density at radius 3 is 2.72 bits per heavy atom. The van der Waals surface area contributed by atoms with Gasteiger partial charge in [-0.25, -0.2) is 0 Å². The van der Waals surface area contributed by atoms with Gasteiger partial charge in [-0.1, -0.05) is 0 Å². The van der Waals surface area contributed by atoms with E-state index in [1.165, 1.54) is 4.31 Å². The Hall–Kier alpha value is -0.660. The van der Waals surface area contributed by atoms with E-state index in [9.17, 15) is 13.2 Å². The standard InChI is InChI=1S/C11H20N2O4S/c1-2-17-11(14)9-4-3-7-13(8-9)18(15,16)12-10-5-6-10/h9-10,12H,2-8H2,1H3/t9-/m1/s1. The molecule has 0 unspecified atom stereocenters. The molecule has 1 atom stereocenters. The summed E-state index contributed by atoms with van der Waals surface area (Å²) in [6.07, 6.45) is 3.23. The molecule has 0 aromatic heterocycles. The summed E-state index contributed by atoms with van der Waals surface area (Å²) in [7, 11) is -3.43. The molecule has 7 heteroatoms.